The van der Waals surface area contributed by atoms with Crippen molar-refractivity contribution < 1.29 is 33.0 Å². The van der Waals surface area contributed by atoms with Gasteiger partial charge in [-0.05, 0) is 39.3 Å². The first-order valence-corrected chi connectivity index (χ1v) is 8.46. The van der Waals surface area contributed by atoms with Crippen molar-refractivity contribution in [3.63, 3.8) is 0 Å². The van der Waals surface area contributed by atoms with Crippen LogP contribution in [-0.2, 0) is 25.4 Å². The Hall–Kier alpha value is -1.48. The van der Waals surface area contributed by atoms with Gasteiger partial charge in [-0.3, -0.25) is 0 Å². The van der Waals surface area contributed by atoms with E-state index in [1.807, 2.05) is 33.8 Å². The van der Waals surface area contributed by atoms with Gasteiger partial charge in [-0.15, -0.1) is 0 Å². The van der Waals surface area contributed by atoms with Gasteiger partial charge in [-0.25, -0.2) is 0 Å². The minimum absolute atomic E-state index is 0.166. The van der Waals surface area contributed by atoms with Crippen LogP contribution in [0.2, 0.25) is 0 Å². The van der Waals surface area contributed by atoms with Gasteiger partial charge in [0.2, 0.25) is 5.75 Å². The Morgan fingerprint density at radius 2 is 1.46 bits per heavy atom. The number of hydrogen-bond donors (Lipinski definition) is 0. The summed E-state index contributed by atoms with van der Waals surface area (Å²) in [5.41, 5.74) is 0.566. The molecular weight excluding hydrogens is 339 g/mol. The molecule has 0 amide bonds. The quantitative estimate of drug-likeness (QED) is 0.396. The molecule has 0 atom stereocenters. The van der Waals surface area contributed by atoms with Crippen LogP contribution in [-0.4, -0.2) is 53.6 Å². The Morgan fingerprint density at radius 3 is 1.92 bits per heavy atom. The van der Waals surface area contributed by atoms with E-state index in [1.54, 1.807) is 28.4 Å². The summed E-state index contributed by atoms with van der Waals surface area (Å²) in [6.07, 6.45) is 0. The minimum atomic E-state index is -0.629. The van der Waals surface area contributed by atoms with E-state index in [0.29, 0.717) is 17.2 Å². The van der Waals surface area contributed by atoms with E-state index in [1.165, 1.54) is 0 Å². The van der Waals surface area contributed by atoms with E-state index in [4.69, 9.17) is 33.0 Å². The van der Waals surface area contributed by atoms with Gasteiger partial charge in [0.1, 0.15) is 6.79 Å². The summed E-state index contributed by atoms with van der Waals surface area (Å²) in [5, 5.41) is 0. The van der Waals surface area contributed by atoms with Crippen LogP contribution in [0.4, 0.5) is 0 Å². The highest BCUT2D eigenvalue weighted by Crippen LogP contribution is 2.42. The molecule has 1 fully saturated rings. The first-order chi connectivity index (χ1) is 12.2. The van der Waals surface area contributed by atoms with Gasteiger partial charge in [0.05, 0.1) is 39.1 Å². The monoisotopic (exact) mass is 368 g/mol. The zero-order chi connectivity index (χ0) is 19.5. The van der Waals surface area contributed by atoms with Crippen LogP contribution >= 0.6 is 0 Å². The van der Waals surface area contributed by atoms with Crippen molar-refractivity contribution in [1.82, 2.24) is 0 Å². The van der Waals surface area contributed by atoms with Crippen molar-refractivity contribution in [1.29, 1.82) is 0 Å². The van der Waals surface area contributed by atoms with E-state index in [2.05, 4.69) is 0 Å². The first-order valence-electron chi connectivity index (χ1n) is 8.46. The topological polar surface area (TPSA) is 64.6 Å². The van der Waals surface area contributed by atoms with Gasteiger partial charge < -0.3 is 33.0 Å². The Bertz CT molecular complexity index is 614. The Kier molecular flexibility index (Phi) is 6.44. The fourth-order valence-corrected chi connectivity index (χ4v) is 2.80. The molecule has 0 spiro atoms. The summed E-state index contributed by atoms with van der Waals surface area (Å²) in [6, 6.07) is 1.84. The molecular formula is C18H29BO7. The standard InChI is InChI=1S/C18H29BO7/c1-17(2)18(3,4)26-19(25-17)14-12(10-24-11-20-5)9-13(21-6)15(22-7)16(14)23-8/h9H,10-11H2,1-8H3. The number of methoxy groups -OCH3 is 4. The summed E-state index contributed by atoms with van der Waals surface area (Å²) >= 11 is 0. The molecule has 2 rings (SSSR count). The maximum Gasteiger partial charge on any atom is 0.499 e. The van der Waals surface area contributed by atoms with E-state index >= 15 is 0 Å². The molecule has 0 aromatic heterocycles. The molecule has 0 saturated carbocycles. The molecule has 1 saturated heterocycles. The van der Waals surface area contributed by atoms with E-state index in [9.17, 15) is 0 Å². The summed E-state index contributed by atoms with van der Waals surface area (Å²) < 4.78 is 39.6. The molecule has 1 aromatic carbocycles. The molecule has 1 aliphatic heterocycles. The zero-order valence-corrected chi connectivity index (χ0v) is 16.9. The number of hydrogen-bond acceptors (Lipinski definition) is 7. The van der Waals surface area contributed by atoms with Crippen molar-refractivity contribution in [3.8, 4) is 17.2 Å². The zero-order valence-electron chi connectivity index (χ0n) is 16.9. The molecule has 0 bridgehead atoms. The largest absolute Gasteiger partial charge is 0.499 e. The molecule has 0 N–H and O–H groups in total. The highest BCUT2D eigenvalue weighted by atomic mass is 16.7. The average molecular weight is 368 g/mol. The van der Waals surface area contributed by atoms with Crippen LogP contribution in [0.5, 0.6) is 17.2 Å². The lowest BCUT2D eigenvalue weighted by Gasteiger charge is -2.32. The molecule has 0 unspecified atom stereocenters. The highest BCUT2D eigenvalue weighted by molar-refractivity contribution is 6.64. The highest BCUT2D eigenvalue weighted by Gasteiger charge is 2.53. The summed E-state index contributed by atoms with van der Waals surface area (Å²) in [5.74, 6) is 1.53. The molecule has 8 heteroatoms. The van der Waals surface area contributed by atoms with Crippen molar-refractivity contribution in [2.45, 2.75) is 45.5 Å². The predicted octanol–water partition coefficient (Wildman–Crippen LogP) is 2.13. The summed E-state index contributed by atoms with van der Waals surface area (Å²) in [7, 11) is 5.66. The van der Waals surface area contributed by atoms with Crippen LogP contribution in [0.25, 0.3) is 0 Å². The molecule has 0 aliphatic carbocycles. The third-order valence-corrected chi connectivity index (χ3v) is 4.90. The van der Waals surface area contributed by atoms with E-state index in [-0.39, 0.29) is 13.4 Å². The Labute approximate surface area is 155 Å². The van der Waals surface area contributed by atoms with E-state index in [0.717, 1.165) is 11.0 Å². The van der Waals surface area contributed by atoms with Crippen molar-refractivity contribution in [2.24, 2.45) is 0 Å². The normalized spacial score (nSPS) is 18.1. The maximum atomic E-state index is 6.23. The molecule has 26 heavy (non-hydrogen) atoms. The van der Waals surface area contributed by atoms with Gasteiger partial charge in [-0.2, -0.15) is 0 Å². The van der Waals surface area contributed by atoms with Crippen LogP contribution in [0.1, 0.15) is 33.3 Å². The second kappa shape index (κ2) is 8.04. The third kappa shape index (κ3) is 3.78. The molecule has 1 aliphatic rings. The van der Waals surface area contributed by atoms with Crippen LogP contribution in [0.3, 0.4) is 0 Å². The van der Waals surface area contributed by atoms with Crippen molar-refractivity contribution >= 4 is 12.6 Å². The van der Waals surface area contributed by atoms with Gasteiger partial charge in [-0.1, -0.05) is 0 Å². The second-order valence-electron chi connectivity index (χ2n) is 7.06. The molecule has 1 heterocycles. The SMILES string of the molecule is COCOCc1cc(OC)c(OC)c(OC)c1B1OC(C)(C)C(C)(C)O1. The lowest BCUT2D eigenvalue weighted by Crippen LogP contribution is -2.41. The van der Waals surface area contributed by atoms with E-state index < -0.39 is 18.3 Å². The lowest BCUT2D eigenvalue weighted by molar-refractivity contribution is -0.0389. The Balaban J connectivity index is 2.57. The van der Waals surface area contributed by atoms with Crippen LogP contribution < -0.4 is 19.7 Å². The molecule has 7 nitrogen and oxygen atoms in total. The summed E-state index contributed by atoms with van der Waals surface area (Å²) in [4.78, 5) is 0. The third-order valence-electron chi connectivity index (χ3n) is 4.90. The van der Waals surface area contributed by atoms with Crippen molar-refractivity contribution in [2.75, 3.05) is 35.2 Å². The van der Waals surface area contributed by atoms with Gasteiger partial charge >= 0.3 is 7.12 Å². The first kappa shape index (κ1) is 20.8. The fourth-order valence-electron chi connectivity index (χ4n) is 2.80. The number of rotatable bonds is 8. The lowest BCUT2D eigenvalue weighted by atomic mass is 9.74. The smallest absolute Gasteiger partial charge is 0.493 e. The van der Waals surface area contributed by atoms with Crippen LogP contribution in [0, 0.1) is 0 Å². The number of ether oxygens (including phenoxy) is 5. The maximum absolute atomic E-state index is 6.23. The Morgan fingerprint density at radius 1 is 0.885 bits per heavy atom. The average Bonchev–Trinajstić information content (AvgIpc) is 2.80. The molecule has 0 radical (unpaired) electrons. The van der Waals surface area contributed by atoms with Gasteiger partial charge in [0.25, 0.3) is 0 Å². The van der Waals surface area contributed by atoms with Crippen molar-refractivity contribution in [3.05, 3.63) is 11.6 Å². The molecule has 146 valence electrons. The van der Waals surface area contributed by atoms with Crippen LogP contribution in [0.15, 0.2) is 6.07 Å². The summed E-state index contributed by atoms with van der Waals surface area (Å²) in [6.45, 7) is 8.45. The second-order valence-corrected chi connectivity index (χ2v) is 7.06. The minimum Gasteiger partial charge on any atom is -0.493 e. The predicted molar refractivity (Wildman–Crippen MR) is 98.5 cm³/mol. The fraction of sp³-hybridized carbons (Fsp3) is 0.667. The van der Waals surface area contributed by atoms with Gasteiger partial charge in [0, 0.05) is 12.6 Å². The number of benzene rings is 1. The molecule has 1 aromatic rings. The van der Waals surface area contributed by atoms with Gasteiger partial charge in [0.15, 0.2) is 11.5 Å².